The first-order valence-electron chi connectivity index (χ1n) is 12.8. The van der Waals surface area contributed by atoms with E-state index in [1.54, 1.807) is 17.8 Å². The molecule has 6 nitrogen and oxygen atoms in total. The molecule has 2 aliphatic heterocycles. The summed E-state index contributed by atoms with van der Waals surface area (Å²) in [4.78, 5) is 32.6. The highest BCUT2D eigenvalue weighted by atomic mass is 35.5. The van der Waals surface area contributed by atoms with Gasteiger partial charge >= 0.3 is 0 Å². The molecule has 0 radical (unpaired) electrons. The Balaban J connectivity index is 1.31. The van der Waals surface area contributed by atoms with E-state index >= 15 is 0 Å². The van der Waals surface area contributed by atoms with Crippen molar-refractivity contribution >= 4 is 64.1 Å². The number of carbonyl (C=O) groups is 2. The van der Waals surface area contributed by atoms with Gasteiger partial charge in [0.1, 0.15) is 0 Å². The Labute approximate surface area is 237 Å². The van der Waals surface area contributed by atoms with E-state index in [0.717, 1.165) is 53.5 Å². The van der Waals surface area contributed by atoms with Gasteiger partial charge in [0.05, 0.1) is 16.8 Å². The number of carbonyl (C=O) groups excluding carboxylic acids is 2. The highest BCUT2D eigenvalue weighted by molar-refractivity contribution is 7.98. The summed E-state index contributed by atoms with van der Waals surface area (Å²) in [5.41, 5.74) is 4.97. The molecule has 0 atom stereocenters. The molecule has 2 aromatic carbocycles. The van der Waals surface area contributed by atoms with Gasteiger partial charge in [-0.15, -0.1) is 11.8 Å². The second-order valence-corrected chi connectivity index (χ2v) is 11.5. The van der Waals surface area contributed by atoms with Crippen molar-refractivity contribution < 1.29 is 9.59 Å². The smallest absolute Gasteiger partial charge is 0.256 e. The van der Waals surface area contributed by atoms with Crippen LogP contribution in [0.5, 0.6) is 0 Å². The third kappa shape index (κ3) is 6.12. The van der Waals surface area contributed by atoms with Crippen molar-refractivity contribution in [3.8, 4) is 0 Å². The second kappa shape index (κ2) is 12.0. The van der Waals surface area contributed by atoms with Gasteiger partial charge in [0.25, 0.3) is 11.8 Å². The lowest BCUT2D eigenvalue weighted by atomic mass is 10.0. The lowest BCUT2D eigenvalue weighted by Gasteiger charge is -2.14. The average molecular weight is 570 g/mol. The zero-order valence-electron chi connectivity index (χ0n) is 21.2. The van der Waals surface area contributed by atoms with Crippen LogP contribution in [-0.4, -0.2) is 47.9 Å². The van der Waals surface area contributed by atoms with E-state index in [-0.39, 0.29) is 11.8 Å². The van der Waals surface area contributed by atoms with Crippen LogP contribution in [0.3, 0.4) is 0 Å². The molecule has 0 spiro atoms. The maximum absolute atomic E-state index is 13.0. The summed E-state index contributed by atoms with van der Waals surface area (Å²) in [5, 5.41) is 7.24. The summed E-state index contributed by atoms with van der Waals surface area (Å²) in [6.45, 7) is 5.84. The second-order valence-electron chi connectivity index (χ2n) is 9.65. The van der Waals surface area contributed by atoms with Gasteiger partial charge in [0.2, 0.25) is 0 Å². The first kappa shape index (κ1) is 26.9. The standard InChI is InChI=1S/C29H30Cl2N4O2S/c1-18-14-22(28(36)32-10-5-13-35-11-2-3-12-35)27(33-18)16-21-20-15-19(8-9-26(20)34-29(21)37)38-17-23-24(30)6-4-7-25(23)31/h4,6-9,14-16,33H,2-3,5,10-13,17H2,1H3,(H,32,36)(H,34,37)/b21-16-. The zero-order chi connectivity index (χ0) is 26.6. The Morgan fingerprint density at radius 1 is 1.13 bits per heavy atom. The number of nitrogens with zero attached hydrogens (tertiary/aromatic N) is 1. The van der Waals surface area contributed by atoms with Crippen LogP contribution < -0.4 is 10.6 Å². The number of likely N-dealkylation sites (tertiary alicyclic amines) is 1. The number of nitrogens with one attached hydrogen (secondary N) is 3. The third-order valence-corrected chi connectivity index (χ3v) is 8.60. The fourth-order valence-electron chi connectivity index (χ4n) is 4.89. The number of hydrogen-bond donors (Lipinski definition) is 3. The molecule has 198 valence electrons. The van der Waals surface area contributed by atoms with Crippen LogP contribution in [0, 0.1) is 6.92 Å². The number of amides is 2. The third-order valence-electron chi connectivity index (χ3n) is 6.87. The van der Waals surface area contributed by atoms with Crippen LogP contribution in [0.15, 0.2) is 47.4 Å². The number of thioether (sulfide) groups is 1. The Bertz CT molecular complexity index is 1370. The van der Waals surface area contributed by atoms with Gasteiger partial charge in [-0.1, -0.05) is 29.3 Å². The monoisotopic (exact) mass is 568 g/mol. The van der Waals surface area contributed by atoms with Crippen LogP contribution in [0.1, 0.15) is 52.1 Å². The SMILES string of the molecule is Cc1cc(C(=O)NCCCN2CCCC2)c(/C=C2\C(=O)Nc3ccc(SCc4c(Cl)cccc4Cl)cc32)[nH]1. The molecule has 0 saturated carbocycles. The van der Waals surface area contributed by atoms with E-state index in [9.17, 15) is 9.59 Å². The lowest BCUT2D eigenvalue weighted by molar-refractivity contribution is -0.110. The van der Waals surface area contributed by atoms with E-state index < -0.39 is 0 Å². The molecule has 5 rings (SSSR count). The normalized spacial score (nSPS) is 16.2. The summed E-state index contributed by atoms with van der Waals surface area (Å²) in [6, 6.07) is 13.2. The number of fused-ring (bicyclic) bond motifs is 1. The topological polar surface area (TPSA) is 77.2 Å². The summed E-state index contributed by atoms with van der Waals surface area (Å²) >= 11 is 14.3. The maximum atomic E-state index is 13.0. The molecule has 3 N–H and O–H groups in total. The van der Waals surface area contributed by atoms with Crippen molar-refractivity contribution in [1.82, 2.24) is 15.2 Å². The summed E-state index contributed by atoms with van der Waals surface area (Å²) < 4.78 is 0. The molecule has 3 aromatic rings. The predicted molar refractivity (Wildman–Crippen MR) is 157 cm³/mol. The molecule has 9 heteroatoms. The van der Waals surface area contributed by atoms with Crippen molar-refractivity contribution in [1.29, 1.82) is 0 Å². The van der Waals surface area contributed by atoms with Crippen molar-refractivity contribution in [2.24, 2.45) is 0 Å². The molecule has 2 aliphatic rings. The molecular formula is C29H30Cl2N4O2S. The molecule has 1 saturated heterocycles. The molecule has 3 heterocycles. The van der Waals surface area contributed by atoms with Crippen LogP contribution >= 0.6 is 35.0 Å². The number of aryl methyl sites for hydroxylation is 1. The van der Waals surface area contributed by atoms with E-state index in [0.29, 0.717) is 39.2 Å². The van der Waals surface area contributed by atoms with Gasteiger partial charge in [0, 0.05) is 44.2 Å². The summed E-state index contributed by atoms with van der Waals surface area (Å²) in [5.74, 6) is 0.276. The van der Waals surface area contributed by atoms with Crippen molar-refractivity contribution in [3.05, 3.63) is 80.6 Å². The van der Waals surface area contributed by atoms with Crippen LogP contribution in [0.4, 0.5) is 5.69 Å². The number of H-pyrrole nitrogens is 1. The fourth-order valence-corrected chi connectivity index (χ4v) is 6.57. The van der Waals surface area contributed by atoms with E-state index in [1.165, 1.54) is 12.8 Å². The largest absolute Gasteiger partial charge is 0.358 e. The van der Waals surface area contributed by atoms with Gasteiger partial charge in [-0.2, -0.15) is 0 Å². The van der Waals surface area contributed by atoms with Gasteiger partial charge in [-0.25, -0.2) is 0 Å². The maximum Gasteiger partial charge on any atom is 0.256 e. The summed E-state index contributed by atoms with van der Waals surface area (Å²) in [6.07, 6.45) is 5.22. The Morgan fingerprint density at radius 2 is 1.89 bits per heavy atom. The van der Waals surface area contributed by atoms with Crippen molar-refractivity contribution in [3.63, 3.8) is 0 Å². The van der Waals surface area contributed by atoms with Crippen LogP contribution in [0.25, 0.3) is 11.6 Å². The van der Waals surface area contributed by atoms with Crippen molar-refractivity contribution in [2.45, 2.75) is 36.8 Å². The van der Waals surface area contributed by atoms with Crippen LogP contribution in [0.2, 0.25) is 10.0 Å². The Hall–Kier alpha value is -2.71. The number of benzene rings is 2. The van der Waals surface area contributed by atoms with Gasteiger partial charge in [-0.3, -0.25) is 9.59 Å². The first-order valence-corrected chi connectivity index (χ1v) is 14.6. The number of anilines is 1. The highest BCUT2D eigenvalue weighted by Gasteiger charge is 2.26. The molecule has 1 aromatic heterocycles. The lowest BCUT2D eigenvalue weighted by Crippen LogP contribution is -2.28. The number of rotatable bonds is 9. The quantitative estimate of drug-likeness (QED) is 0.154. The van der Waals surface area contributed by atoms with Crippen LogP contribution in [-0.2, 0) is 10.5 Å². The van der Waals surface area contributed by atoms with Gasteiger partial charge in [0.15, 0.2) is 0 Å². The Morgan fingerprint density at radius 3 is 2.66 bits per heavy atom. The summed E-state index contributed by atoms with van der Waals surface area (Å²) in [7, 11) is 0. The van der Waals surface area contributed by atoms with E-state index in [2.05, 4.69) is 20.5 Å². The molecular weight excluding hydrogens is 539 g/mol. The molecule has 2 amide bonds. The molecule has 1 fully saturated rings. The number of aromatic amines is 1. The molecule has 0 unspecified atom stereocenters. The van der Waals surface area contributed by atoms with Gasteiger partial charge in [-0.05, 0) is 93.9 Å². The zero-order valence-corrected chi connectivity index (χ0v) is 23.5. The number of aromatic nitrogens is 1. The molecule has 38 heavy (non-hydrogen) atoms. The predicted octanol–water partition coefficient (Wildman–Crippen LogP) is 6.63. The minimum absolute atomic E-state index is 0.137. The average Bonchev–Trinajstić information content (AvgIpc) is 3.61. The minimum atomic E-state index is -0.194. The molecule has 0 bridgehead atoms. The first-order chi connectivity index (χ1) is 18.4. The van der Waals surface area contributed by atoms with Gasteiger partial charge < -0.3 is 20.5 Å². The number of halogens is 2. The minimum Gasteiger partial charge on any atom is -0.358 e. The Kier molecular flexibility index (Phi) is 8.48. The molecule has 0 aliphatic carbocycles. The fraction of sp³-hybridized carbons (Fsp3) is 0.310. The van der Waals surface area contributed by atoms with Crippen molar-refractivity contribution in [2.75, 3.05) is 31.5 Å². The highest BCUT2D eigenvalue weighted by Crippen LogP contribution is 2.38. The van der Waals surface area contributed by atoms with E-state index in [1.807, 2.05) is 49.4 Å². The number of hydrogen-bond acceptors (Lipinski definition) is 4. The van der Waals surface area contributed by atoms with E-state index in [4.69, 9.17) is 23.2 Å².